The molecule has 1 aromatic carbocycles. The maximum atomic E-state index is 13.8. The molecule has 1 N–H and O–H groups in total. The second-order valence-electron chi connectivity index (χ2n) is 6.89. The van der Waals surface area contributed by atoms with Crippen molar-refractivity contribution in [2.24, 2.45) is 0 Å². The molecule has 0 radical (unpaired) electrons. The van der Waals surface area contributed by atoms with Crippen LogP contribution in [0.1, 0.15) is 15.9 Å². The van der Waals surface area contributed by atoms with E-state index in [2.05, 4.69) is 25.4 Å². The number of aryl methyl sites for hydroxylation is 1. The van der Waals surface area contributed by atoms with Gasteiger partial charge >= 0.3 is 0 Å². The Bertz CT molecular complexity index is 988. The van der Waals surface area contributed by atoms with E-state index in [1.807, 2.05) is 24.3 Å². The molecule has 29 heavy (non-hydrogen) atoms. The number of pyridine rings is 1. The summed E-state index contributed by atoms with van der Waals surface area (Å²) in [7, 11) is 0. The Morgan fingerprint density at radius 3 is 2.55 bits per heavy atom. The number of amides is 1. The van der Waals surface area contributed by atoms with Crippen LogP contribution < -0.4 is 10.2 Å². The van der Waals surface area contributed by atoms with Gasteiger partial charge in [0.25, 0.3) is 5.91 Å². The molecule has 0 atom stereocenters. The van der Waals surface area contributed by atoms with Gasteiger partial charge in [-0.2, -0.15) is 0 Å². The summed E-state index contributed by atoms with van der Waals surface area (Å²) in [6.07, 6.45) is 3.42. The molecule has 0 aliphatic carbocycles. The van der Waals surface area contributed by atoms with Crippen molar-refractivity contribution in [1.29, 1.82) is 0 Å². The monoisotopic (exact) mass is 392 g/mol. The van der Waals surface area contributed by atoms with Crippen molar-refractivity contribution < 1.29 is 9.18 Å². The van der Waals surface area contributed by atoms with Crippen molar-refractivity contribution in [2.45, 2.75) is 6.92 Å². The number of nitrogens with one attached hydrogen (secondary N) is 1. The topological polar surface area (TPSA) is 74.2 Å². The van der Waals surface area contributed by atoms with E-state index in [4.69, 9.17) is 0 Å². The average molecular weight is 392 g/mol. The molecule has 3 heterocycles. The van der Waals surface area contributed by atoms with Crippen molar-refractivity contribution in [3.05, 3.63) is 71.8 Å². The maximum Gasteiger partial charge on any atom is 0.254 e. The number of anilines is 3. The summed E-state index contributed by atoms with van der Waals surface area (Å²) < 4.78 is 13.8. The highest BCUT2D eigenvalue weighted by Gasteiger charge is 2.23. The zero-order chi connectivity index (χ0) is 20.2. The van der Waals surface area contributed by atoms with Gasteiger partial charge in [0, 0.05) is 37.9 Å². The third-order valence-corrected chi connectivity index (χ3v) is 4.89. The number of nitrogens with zero attached hydrogens (tertiary/aromatic N) is 5. The number of rotatable bonds is 4. The summed E-state index contributed by atoms with van der Waals surface area (Å²) in [6, 6.07) is 12.1. The smallest absolute Gasteiger partial charge is 0.254 e. The van der Waals surface area contributed by atoms with E-state index in [0.717, 1.165) is 11.5 Å². The van der Waals surface area contributed by atoms with E-state index in [1.165, 1.54) is 6.07 Å². The number of benzene rings is 1. The average Bonchev–Trinajstić information content (AvgIpc) is 2.77. The fourth-order valence-electron chi connectivity index (χ4n) is 3.19. The Morgan fingerprint density at radius 2 is 1.90 bits per heavy atom. The summed E-state index contributed by atoms with van der Waals surface area (Å²) in [5.41, 5.74) is 1.76. The first kappa shape index (κ1) is 18.8. The molecule has 1 saturated heterocycles. The van der Waals surface area contributed by atoms with Gasteiger partial charge in [0.05, 0.1) is 11.9 Å². The number of carbonyl (C=O) groups is 1. The van der Waals surface area contributed by atoms with Gasteiger partial charge in [-0.05, 0) is 48.9 Å². The van der Waals surface area contributed by atoms with Crippen LogP contribution in [0.2, 0.25) is 0 Å². The molecule has 148 valence electrons. The first-order chi connectivity index (χ1) is 14.1. The van der Waals surface area contributed by atoms with Crippen LogP contribution in [0, 0.1) is 12.7 Å². The minimum atomic E-state index is -0.357. The highest BCUT2D eigenvalue weighted by molar-refractivity contribution is 5.94. The van der Waals surface area contributed by atoms with Crippen LogP contribution in [-0.4, -0.2) is 52.2 Å². The minimum Gasteiger partial charge on any atom is -0.352 e. The predicted molar refractivity (Wildman–Crippen MR) is 109 cm³/mol. The minimum absolute atomic E-state index is 0.148. The lowest BCUT2D eigenvalue weighted by Crippen LogP contribution is -2.49. The molecule has 1 fully saturated rings. The van der Waals surface area contributed by atoms with Crippen LogP contribution in [-0.2, 0) is 0 Å². The van der Waals surface area contributed by atoms with Crippen LogP contribution in [0.25, 0.3) is 0 Å². The quantitative estimate of drug-likeness (QED) is 0.736. The van der Waals surface area contributed by atoms with Crippen LogP contribution in [0.5, 0.6) is 0 Å². The van der Waals surface area contributed by atoms with Crippen LogP contribution in [0.4, 0.5) is 21.7 Å². The van der Waals surface area contributed by atoms with Crippen molar-refractivity contribution in [1.82, 2.24) is 20.1 Å². The highest BCUT2D eigenvalue weighted by Crippen LogP contribution is 2.18. The maximum absolute atomic E-state index is 13.8. The predicted octanol–water partition coefficient (Wildman–Crippen LogP) is 3.03. The van der Waals surface area contributed by atoms with Crippen LogP contribution in [0.3, 0.4) is 0 Å². The van der Waals surface area contributed by atoms with E-state index in [0.29, 0.717) is 43.1 Å². The second kappa shape index (κ2) is 8.22. The Labute approximate surface area is 168 Å². The Hall–Kier alpha value is -3.55. The van der Waals surface area contributed by atoms with Gasteiger partial charge in [0.1, 0.15) is 5.82 Å². The zero-order valence-corrected chi connectivity index (χ0v) is 16.0. The van der Waals surface area contributed by atoms with E-state index in [1.54, 1.807) is 36.4 Å². The molecule has 1 aliphatic rings. The Morgan fingerprint density at radius 1 is 1.07 bits per heavy atom. The molecule has 4 rings (SSSR count). The van der Waals surface area contributed by atoms with Gasteiger partial charge in [-0.3, -0.25) is 9.78 Å². The first-order valence-corrected chi connectivity index (χ1v) is 9.41. The summed E-state index contributed by atoms with van der Waals surface area (Å²) in [6.45, 7) is 4.06. The van der Waals surface area contributed by atoms with E-state index in [-0.39, 0.29) is 11.7 Å². The molecule has 8 heteroatoms. The van der Waals surface area contributed by atoms with Crippen molar-refractivity contribution >= 4 is 23.2 Å². The largest absolute Gasteiger partial charge is 0.352 e. The lowest BCUT2D eigenvalue weighted by Gasteiger charge is -2.35. The second-order valence-corrected chi connectivity index (χ2v) is 6.89. The van der Waals surface area contributed by atoms with Crippen molar-refractivity contribution in [3.63, 3.8) is 0 Å². The number of aromatic nitrogens is 3. The molecule has 0 unspecified atom stereocenters. The van der Waals surface area contributed by atoms with Crippen molar-refractivity contribution in [3.8, 4) is 0 Å². The molecule has 2 aromatic heterocycles. The Balaban J connectivity index is 1.35. The number of piperazine rings is 1. The van der Waals surface area contributed by atoms with Gasteiger partial charge in [-0.1, -0.05) is 6.07 Å². The van der Waals surface area contributed by atoms with Crippen molar-refractivity contribution in [2.75, 3.05) is 36.4 Å². The summed E-state index contributed by atoms with van der Waals surface area (Å²) in [5, 5.41) is 11.6. The van der Waals surface area contributed by atoms with E-state index < -0.39 is 0 Å². The van der Waals surface area contributed by atoms with Crippen LogP contribution in [0.15, 0.2) is 54.9 Å². The van der Waals surface area contributed by atoms with Gasteiger partial charge in [0.2, 0.25) is 0 Å². The zero-order valence-electron chi connectivity index (χ0n) is 16.0. The molecule has 7 nitrogen and oxygen atoms in total. The number of hydrogen-bond donors (Lipinski definition) is 1. The van der Waals surface area contributed by atoms with Gasteiger partial charge in [-0.15, -0.1) is 10.2 Å². The molecule has 0 bridgehead atoms. The van der Waals surface area contributed by atoms with Crippen LogP contribution >= 0.6 is 0 Å². The standard InChI is InChI=1S/C21H21FN6O/c1-15-4-5-16(13-18(15)22)21(29)28-11-9-27(10-12-28)20-7-6-19(25-26-20)24-17-3-2-8-23-14-17/h2-8,13-14H,9-12H2,1H3,(H,24,25). The lowest BCUT2D eigenvalue weighted by atomic mass is 10.1. The number of halogens is 1. The summed E-state index contributed by atoms with van der Waals surface area (Å²) in [5.74, 6) is 0.891. The first-order valence-electron chi connectivity index (χ1n) is 9.41. The van der Waals surface area contributed by atoms with Gasteiger partial charge in [-0.25, -0.2) is 4.39 Å². The molecule has 0 saturated carbocycles. The van der Waals surface area contributed by atoms with E-state index >= 15 is 0 Å². The molecule has 3 aromatic rings. The Kier molecular flexibility index (Phi) is 5.33. The number of carbonyl (C=O) groups excluding carboxylic acids is 1. The molecule has 0 spiro atoms. The third-order valence-electron chi connectivity index (χ3n) is 4.89. The van der Waals surface area contributed by atoms with E-state index in [9.17, 15) is 9.18 Å². The third kappa shape index (κ3) is 4.31. The highest BCUT2D eigenvalue weighted by atomic mass is 19.1. The lowest BCUT2D eigenvalue weighted by molar-refractivity contribution is 0.0746. The fraction of sp³-hybridized carbons (Fsp3) is 0.238. The molecular weight excluding hydrogens is 371 g/mol. The van der Waals surface area contributed by atoms with Gasteiger partial charge < -0.3 is 15.1 Å². The fourth-order valence-corrected chi connectivity index (χ4v) is 3.19. The molecule has 1 aliphatic heterocycles. The number of hydrogen-bond acceptors (Lipinski definition) is 6. The normalized spacial score (nSPS) is 14.0. The molecule has 1 amide bonds. The summed E-state index contributed by atoms with van der Waals surface area (Å²) >= 11 is 0. The SMILES string of the molecule is Cc1ccc(C(=O)N2CCN(c3ccc(Nc4cccnc4)nn3)CC2)cc1F. The van der Waals surface area contributed by atoms with Gasteiger partial charge in [0.15, 0.2) is 11.6 Å². The molecular formula is C21H21FN6O. The summed E-state index contributed by atoms with van der Waals surface area (Å²) in [4.78, 5) is 20.5.